The topological polar surface area (TPSA) is 98.0 Å². The average Bonchev–Trinajstić information content (AvgIpc) is 3.21. The Bertz CT molecular complexity index is 1180. The van der Waals surface area contributed by atoms with Crippen LogP contribution >= 0.6 is 34.4 Å². The number of nitrogens with one attached hydrogen (secondary N) is 1. The molecule has 2 heterocycles. The number of thiazole rings is 2. The van der Waals surface area contributed by atoms with Crippen molar-refractivity contribution in [3.05, 3.63) is 52.1 Å². The van der Waals surface area contributed by atoms with Crippen molar-refractivity contribution < 1.29 is 9.72 Å². The Hall–Kier alpha value is -2.56. The molecule has 0 fully saturated rings. The van der Waals surface area contributed by atoms with Gasteiger partial charge in [0.15, 0.2) is 9.47 Å². The number of thioether (sulfide) groups is 1. The summed E-state index contributed by atoms with van der Waals surface area (Å²) in [6.45, 7) is 2.01. The Morgan fingerprint density at radius 2 is 1.89 bits per heavy atom. The summed E-state index contributed by atoms with van der Waals surface area (Å²) in [5.41, 5.74) is 2.73. The third-order valence-electron chi connectivity index (χ3n) is 3.68. The summed E-state index contributed by atoms with van der Waals surface area (Å²) < 4.78 is 2.46. The van der Waals surface area contributed by atoms with Crippen LogP contribution in [0.2, 0.25) is 0 Å². The Kier molecular flexibility index (Phi) is 4.77. The number of anilines is 1. The molecule has 27 heavy (non-hydrogen) atoms. The minimum atomic E-state index is -0.432. The quantitative estimate of drug-likeness (QED) is 0.284. The van der Waals surface area contributed by atoms with E-state index < -0.39 is 4.92 Å². The molecule has 136 valence electrons. The summed E-state index contributed by atoms with van der Waals surface area (Å²) in [6.07, 6.45) is 0. The summed E-state index contributed by atoms with van der Waals surface area (Å²) in [5, 5.41) is 14.2. The SMILES string of the molecule is Cc1ccc2nc(NC(=O)CSc3nc4ccc([N+](=O)[O-])cc4s3)sc2c1. The second-order valence-corrected chi connectivity index (χ2v) is 9.00. The van der Waals surface area contributed by atoms with Crippen molar-refractivity contribution in [2.75, 3.05) is 11.1 Å². The maximum atomic E-state index is 12.2. The van der Waals surface area contributed by atoms with Crippen LogP contribution in [0, 0.1) is 17.0 Å². The lowest BCUT2D eigenvalue weighted by atomic mass is 10.2. The van der Waals surface area contributed by atoms with Crippen molar-refractivity contribution in [3.63, 3.8) is 0 Å². The molecule has 1 N–H and O–H groups in total. The van der Waals surface area contributed by atoms with E-state index in [0.717, 1.165) is 20.5 Å². The van der Waals surface area contributed by atoms with Crippen LogP contribution in [0.25, 0.3) is 20.4 Å². The van der Waals surface area contributed by atoms with E-state index in [-0.39, 0.29) is 17.3 Å². The van der Waals surface area contributed by atoms with Gasteiger partial charge in [-0.05, 0) is 30.7 Å². The molecule has 10 heteroatoms. The number of hydrogen-bond acceptors (Lipinski definition) is 8. The maximum Gasteiger partial charge on any atom is 0.270 e. The van der Waals surface area contributed by atoms with Gasteiger partial charge < -0.3 is 5.32 Å². The summed E-state index contributed by atoms with van der Waals surface area (Å²) >= 11 is 4.08. The Labute approximate surface area is 165 Å². The van der Waals surface area contributed by atoms with Crippen LogP contribution in [-0.4, -0.2) is 26.6 Å². The van der Waals surface area contributed by atoms with Gasteiger partial charge in [0.1, 0.15) is 0 Å². The van der Waals surface area contributed by atoms with Crippen LogP contribution in [0.15, 0.2) is 40.7 Å². The maximum absolute atomic E-state index is 12.2. The van der Waals surface area contributed by atoms with E-state index in [9.17, 15) is 14.9 Å². The van der Waals surface area contributed by atoms with E-state index in [0.29, 0.717) is 15.0 Å². The summed E-state index contributed by atoms with van der Waals surface area (Å²) in [5.74, 6) is 0.0256. The third-order valence-corrected chi connectivity index (χ3v) is 6.77. The van der Waals surface area contributed by atoms with Crippen molar-refractivity contribution in [3.8, 4) is 0 Å². The molecule has 0 aliphatic rings. The Morgan fingerprint density at radius 3 is 2.70 bits per heavy atom. The molecule has 0 aliphatic heterocycles. The molecule has 0 radical (unpaired) electrons. The van der Waals surface area contributed by atoms with Gasteiger partial charge in [-0.15, -0.1) is 11.3 Å². The third kappa shape index (κ3) is 3.92. The number of aryl methyl sites for hydroxylation is 1. The van der Waals surface area contributed by atoms with Gasteiger partial charge in [0.25, 0.3) is 5.69 Å². The smallest absolute Gasteiger partial charge is 0.270 e. The fourth-order valence-corrected chi connectivity index (χ4v) is 5.32. The zero-order valence-electron chi connectivity index (χ0n) is 14.0. The number of fused-ring (bicyclic) bond motifs is 2. The molecule has 0 atom stereocenters. The predicted octanol–water partition coefficient (Wildman–Crippen LogP) is 4.85. The average molecular weight is 417 g/mol. The molecule has 0 spiro atoms. The highest BCUT2D eigenvalue weighted by Crippen LogP contribution is 2.32. The highest BCUT2D eigenvalue weighted by atomic mass is 32.2. The minimum absolute atomic E-state index is 0.0338. The number of carbonyl (C=O) groups is 1. The number of hydrogen-bond donors (Lipinski definition) is 1. The van der Waals surface area contributed by atoms with Crippen molar-refractivity contribution in [2.24, 2.45) is 0 Å². The van der Waals surface area contributed by atoms with Gasteiger partial charge in [0, 0.05) is 12.1 Å². The van der Waals surface area contributed by atoms with E-state index in [1.54, 1.807) is 6.07 Å². The van der Waals surface area contributed by atoms with Crippen LogP contribution in [0.5, 0.6) is 0 Å². The predicted molar refractivity (Wildman–Crippen MR) is 110 cm³/mol. The number of nitro groups is 1. The van der Waals surface area contributed by atoms with Crippen molar-refractivity contribution in [1.29, 1.82) is 0 Å². The number of rotatable bonds is 5. The molecule has 2 aromatic carbocycles. The van der Waals surface area contributed by atoms with Crippen LogP contribution in [0.1, 0.15) is 5.56 Å². The fraction of sp³-hybridized carbons (Fsp3) is 0.118. The second kappa shape index (κ2) is 7.22. The lowest BCUT2D eigenvalue weighted by Gasteiger charge is -1.99. The van der Waals surface area contributed by atoms with E-state index in [1.165, 1.54) is 46.6 Å². The van der Waals surface area contributed by atoms with E-state index >= 15 is 0 Å². The summed E-state index contributed by atoms with van der Waals surface area (Å²) in [6, 6.07) is 10.5. The number of amides is 1. The fourth-order valence-electron chi connectivity index (χ4n) is 2.44. The number of nitrogens with zero attached hydrogens (tertiary/aromatic N) is 3. The first-order valence-electron chi connectivity index (χ1n) is 7.83. The number of benzene rings is 2. The van der Waals surface area contributed by atoms with E-state index in [4.69, 9.17) is 0 Å². The molecular formula is C17H12N4O3S3. The molecule has 4 rings (SSSR count). The molecule has 2 aromatic heterocycles. The summed E-state index contributed by atoms with van der Waals surface area (Å²) in [7, 11) is 0. The first kappa shape index (κ1) is 17.8. The zero-order valence-corrected chi connectivity index (χ0v) is 16.4. The van der Waals surface area contributed by atoms with Crippen LogP contribution in [0.3, 0.4) is 0 Å². The van der Waals surface area contributed by atoms with Gasteiger partial charge in [-0.3, -0.25) is 14.9 Å². The Morgan fingerprint density at radius 1 is 1.15 bits per heavy atom. The van der Waals surface area contributed by atoms with Crippen LogP contribution in [-0.2, 0) is 4.79 Å². The molecular weight excluding hydrogens is 404 g/mol. The van der Waals surface area contributed by atoms with Gasteiger partial charge in [-0.1, -0.05) is 29.2 Å². The first-order chi connectivity index (χ1) is 13.0. The first-order valence-corrected chi connectivity index (χ1v) is 10.4. The summed E-state index contributed by atoms with van der Waals surface area (Å²) in [4.78, 5) is 31.4. The Balaban J connectivity index is 1.42. The number of aromatic nitrogens is 2. The minimum Gasteiger partial charge on any atom is -0.301 e. The molecule has 7 nitrogen and oxygen atoms in total. The highest BCUT2D eigenvalue weighted by Gasteiger charge is 2.13. The van der Waals surface area contributed by atoms with Gasteiger partial charge in [-0.25, -0.2) is 9.97 Å². The largest absolute Gasteiger partial charge is 0.301 e. The van der Waals surface area contributed by atoms with Gasteiger partial charge in [0.2, 0.25) is 5.91 Å². The standard InChI is InChI=1S/C17H12N4O3S3/c1-9-2-4-11-13(6-9)26-16(18-11)20-15(22)8-25-17-19-12-5-3-10(21(23)24)7-14(12)27-17/h2-7H,8H2,1H3,(H,18,20,22). The zero-order chi connectivity index (χ0) is 19.0. The molecule has 0 unspecified atom stereocenters. The van der Waals surface area contributed by atoms with Gasteiger partial charge in [-0.2, -0.15) is 0 Å². The molecule has 0 saturated heterocycles. The van der Waals surface area contributed by atoms with E-state index in [1.807, 2.05) is 25.1 Å². The van der Waals surface area contributed by atoms with Crippen LogP contribution < -0.4 is 5.32 Å². The van der Waals surface area contributed by atoms with Crippen LogP contribution in [0.4, 0.5) is 10.8 Å². The van der Waals surface area contributed by atoms with Crippen molar-refractivity contribution in [2.45, 2.75) is 11.3 Å². The lowest BCUT2D eigenvalue weighted by Crippen LogP contribution is -2.13. The van der Waals surface area contributed by atoms with Crippen molar-refractivity contribution >= 4 is 71.6 Å². The molecule has 1 amide bonds. The lowest BCUT2D eigenvalue weighted by molar-refractivity contribution is -0.384. The molecule has 0 aliphatic carbocycles. The molecule has 4 aromatic rings. The monoisotopic (exact) mass is 416 g/mol. The van der Waals surface area contributed by atoms with Gasteiger partial charge >= 0.3 is 0 Å². The van der Waals surface area contributed by atoms with Gasteiger partial charge in [0.05, 0.1) is 31.1 Å². The molecule has 0 saturated carbocycles. The number of nitro benzene ring substituents is 1. The van der Waals surface area contributed by atoms with E-state index in [2.05, 4.69) is 15.3 Å². The number of non-ortho nitro benzene ring substituents is 1. The number of carbonyl (C=O) groups excluding carboxylic acids is 1. The normalized spacial score (nSPS) is 11.1. The highest BCUT2D eigenvalue weighted by molar-refractivity contribution is 8.01. The molecule has 0 bridgehead atoms. The second-order valence-electron chi connectivity index (χ2n) is 5.72. The van der Waals surface area contributed by atoms with Crippen molar-refractivity contribution in [1.82, 2.24) is 9.97 Å².